The molecule has 0 saturated carbocycles. The van der Waals surface area contributed by atoms with Crippen LogP contribution in [0.4, 0.5) is 5.69 Å². The lowest BCUT2D eigenvalue weighted by molar-refractivity contribution is -0.134. The number of hydrogen-bond donors (Lipinski definition) is 1. The molecule has 0 aliphatic carbocycles. The molecular weight excluding hydrogens is 280 g/mol. The number of thiophene rings is 1. The van der Waals surface area contributed by atoms with E-state index < -0.39 is 0 Å². The molecule has 0 spiro atoms. The van der Waals surface area contributed by atoms with Crippen LogP contribution in [0.3, 0.4) is 0 Å². The average molecular weight is 298 g/mol. The van der Waals surface area contributed by atoms with Gasteiger partial charge in [0, 0.05) is 23.5 Å². The number of carbonyl (C=O) groups excluding carboxylic acids is 1. The summed E-state index contributed by atoms with van der Waals surface area (Å²) in [7, 11) is 0. The van der Waals surface area contributed by atoms with E-state index in [9.17, 15) is 4.79 Å². The van der Waals surface area contributed by atoms with Crippen LogP contribution in [0, 0.1) is 0 Å². The second-order valence-corrected chi connectivity index (χ2v) is 6.82. The van der Waals surface area contributed by atoms with Gasteiger partial charge >= 0.3 is 0 Å². The Morgan fingerprint density at radius 1 is 1.33 bits per heavy atom. The van der Waals surface area contributed by atoms with E-state index in [-0.39, 0.29) is 18.0 Å². The zero-order valence-corrected chi connectivity index (χ0v) is 12.8. The summed E-state index contributed by atoms with van der Waals surface area (Å²) in [5.74, 6) is 0.232. The summed E-state index contributed by atoms with van der Waals surface area (Å²) in [5.41, 5.74) is 3.68. The predicted molar refractivity (Wildman–Crippen MR) is 85.7 cm³/mol. The zero-order valence-electron chi connectivity index (χ0n) is 12.0. The number of benzene rings is 1. The van der Waals surface area contributed by atoms with E-state index in [1.54, 1.807) is 0 Å². The van der Waals surface area contributed by atoms with Crippen LogP contribution in [0.2, 0.25) is 0 Å². The molecule has 4 rings (SSSR count). The number of nitrogens with zero attached hydrogens (tertiary/aromatic N) is 1. The number of anilines is 1. The molecule has 1 amide bonds. The number of fused-ring (bicyclic) bond motifs is 2. The van der Waals surface area contributed by atoms with Gasteiger partial charge in [0.05, 0.1) is 6.04 Å². The topological polar surface area (TPSA) is 32.3 Å². The number of nitrogens with one attached hydrogen (secondary N) is 1. The molecule has 3 heterocycles. The van der Waals surface area contributed by atoms with Crippen molar-refractivity contribution < 1.29 is 4.79 Å². The van der Waals surface area contributed by atoms with Gasteiger partial charge in [-0.3, -0.25) is 4.79 Å². The number of hydrogen-bond acceptors (Lipinski definition) is 3. The molecule has 108 valence electrons. The first-order chi connectivity index (χ1) is 10.2. The molecule has 2 atom stereocenters. The van der Waals surface area contributed by atoms with Crippen molar-refractivity contribution in [3.8, 4) is 0 Å². The van der Waals surface area contributed by atoms with E-state index in [1.165, 1.54) is 16.0 Å². The van der Waals surface area contributed by atoms with Crippen LogP contribution >= 0.6 is 11.3 Å². The fourth-order valence-corrected chi connectivity index (χ4v) is 4.42. The Bertz CT molecular complexity index is 669. The summed E-state index contributed by atoms with van der Waals surface area (Å²) < 4.78 is 0. The minimum atomic E-state index is -0.106. The van der Waals surface area contributed by atoms with Crippen molar-refractivity contribution in [2.24, 2.45) is 0 Å². The van der Waals surface area contributed by atoms with Gasteiger partial charge in [-0.1, -0.05) is 18.2 Å². The average Bonchev–Trinajstić information content (AvgIpc) is 3.13. The molecular formula is C17H18N2OS. The predicted octanol–water partition coefficient (Wildman–Crippen LogP) is 3.23. The number of para-hydroxylation sites is 1. The van der Waals surface area contributed by atoms with Crippen molar-refractivity contribution >= 4 is 22.9 Å². The number of rotatable bonds is 1. The molecule has 2 aliphatic heterocycles. The maximum atomic E-state index is 12.9. The highest BCUT2D eigenvalue weighted by Gasteiger charge is 2.35. The Morgan fingerprint density at radius 2 is 2.19 bits per heavy atom. The van der Waals surface area contributed by atoms with Gasteiger partial charge in [0.2, 0.25) is 5.91 Å². The van der Waals surface area contributed by atoms with Crippen LogP contribution < -0.4 is 5.32 Å². The number of amides is 1. The van der Waals surface area contributed by atoms with Crippen LogP contribution in [-0.2, 0) is 17.6 Å². The number of carbonyl (C=O) groups is 1. The maximum Gasteiger partial charge on any atom is 0.245 e. The third kappa shape index (κ3) is 2.05. The van der Waals surface area contributed by atoms with E-state index in [2.05, 4.69) is 35.8 Å². The maximum absolute atomic E-state index is 12.9. The third-order valence-electron chi connectivity index (χ3n) is 4.63. The third-order valence-corrected chi connectivity index (χ3v) is 5.63. The normalized spacial score (nSPS) is 23.4. The lowest BCUT2D eigenvalue weighted by atomic mass is 10.00. The smallest absolute Gasteiger partial charge is 0.245 e. The van der Waals surface area contributed by atoms with Gasteiger partial charge in [0.15, 0.2) is 0 Å². The van der Waals surface area contributed by atoms with Crippen LogP contribution in [0.1, 0.15) is 29.0 Å². The molecule has 0 bridgehead atoms. The van der Waals surface area contributed by atoms with E-state index >= 15 is 0 Å². The van der Waals surface area contributed by atoms with Crippen LogP contribution in [-0.4, -0.2) is 23.4 Å². The summed E-state index contributed by atoms with van der Waals surface area (Å²) in [6, 6.07) is 10.5. The fraction of sp³-hybridized carbons (Fsp3) is 0.353. The van der Waals surface area contributed by atoms with E-state index in [0.717, 1.165) is 25.1 Å². The van der Waals surface area contributed by atoms with E-state index in [0.29, 0.717) is 0 Å². The zero-order chi connectivity index (χ0) is 14.4. The molecule has 0 saturated heterocycles. The highest BCUT2D eigenvalue weighted by atomic mass is 32.1. The second kappa shape index (κ2) is 4.88. The first-order valence-corrected chi connectivity index (χ1v) is 8.33. The summed E-state index contributed by atoms with van der Waals surface area (Å²) in [5, 5.41) is 5.52. The van der Waals surface area contributed by atoms with Gasteiger partial charge in [0.1, 0.15) is 6.04 Å². The van der Waals surface area contributed by atoms with Gasteiger partial charge in [-0.25, -0.2) is 0 Å². The SMILES string of the molecule is CC1c2ccsc2CCN1C(=O)C1Cc2ccccc2N1. The van der Waals surface area contributed by atoms with E-state index in [1.807, 2.05) is 28.4 Å². The van der Waals surface area contributed by atoms with Crippen molar-refractivity contribution in [1.29, 1.82) is 0 Å². The van der Waals surface area contributed by atoms with Gasteiger partial charge in [0.25, 0.3) is 0 Å². The summed E-state index contributed by atoms with van der Waals surface area (Å²) >= 11 is 1.81. The van der Waals surface area contributed by atoms with Gasteiger partial charge in [-0.05, 0) is 42.0 Å². The van der Waals surface area contributed by atoms with Crippen LogP contribution in [0.15, 0.2) is 35.7 Å². The highest BCUT2D eigenvalue weighted by Crippen LogP contribution is 2.34. The van der Waals surface area contributed by atoms with Gasteiger partial charge in [-0.2, -0.15) is 0 Å². The monoisotopic (exact) mass is 298 g/mol. The Kier molecular flexibility index (Phi) is 3.00. The Balaban J connectivity index is 1.55. The highest BCUT2D eigenvalue weighted by molar-refractivity contribution is 7.10. The lowest BCUT2D eigenvalue weighted by Gasteiger charge is -2.35. The first-order valence-electron chi connectivity index (χ1n) is 7.45. The molecule has 1 N–H and O–H groups in total. The molecule has 1 aromatic carbocycles. The molecule has 4 heteroatoms. The molecule has 0 fully saturated rings. The molecule has 1 aromatic heterocycles. The standard InChI is InChI=1S/C17H18N2OS/c1-11-13-7-9-21-16(13)6-8-19(11)17(20)15-10-12-4-2-3-5-14(12)18-15/h2-5,7,9,11,15,18H,6,8,10H2,1H3. The Hall–Kier alpha value is -1.81. The largest absolute Gasteiger partial charge is 0.373 e. The minimum Gasteiger partial charge on any atom is -0.373 e. The van der Waals surface area contributed by atoms with Crippen molar-refractivity contribution in [3.63, 3.8) is 0 Å². The van der Waals surface area contributed by atoms with Crippen molar-refractivity contribution in [2.75, 3.05) is 11.9 Å². The summed E-state index contributed by atoms with van der Waals surface area (Å²) in [6.07, 6.45) is 1.79. The molecule has 2 unspecified atom stereocenters. The Labute approximate surface area is 128 Å². The van der Waals surface area contributed by atoms with Crippen molar-refractivity contribution in [2.45, 2.75) is 31.8 Å². The van der Waals surface area contributed by atoms with Gasteiger partial charge < -0.3 is 10.2 Å². The molecule has 21 heavy (non-hydrogen) atoms. The first kappa shape index (κ1) is 12.9. The fourth-order valence-electron chi connectivity index (χ4n) is 3.46. The molecule has 2 aliphatic rings. The van der Waals surface area contributed by atoms with Crippen molar-refractivity contribution in [3.05, 3.63) is 51.7 Å². The van der Waals surface area contributed by atoms with Crippen LogP contribution in [0.5, 0.6) is 0 Å². The molecule has 0 radical (unpaired) electrons. The summed E-state index contributed by atoms with van der Waals surface area (Å²) in [6.45, 7) is 2.98. The van der Waals surface area contributed by atoms with E-state index in [4.69, 9.17) is 0 Å². The summed E-state index contributed by atoms with van der Waals surface area (Å²) in [4.78, 5) is 16.4. The molecule has 2 aromatic rings. The lowest BCUT2D eigenvalue weighted by Crippen LogP contribution is -2.46. The minimum absolute atomic E-state index is 0.106. The quantitative estimate of drug-likeness (QED) is 0.876. The second-order valence-electron chi connectivity index (χ2n) is 5.81. The Morgan fingerprint density at radius 3 is 3.05 bits per heavy atom. The van der Waals surface area contributed by atoms with Gasteiger partial charge in [-0.15, -0.1) is 11.3 Å². The van der Waals surface area contributed by atoms with Crippen LogP contribution in [0.25, 0.3) is 0 Å². The van der Waals surface area contributed by atoms with Crippen molar-refractivity contribution in [1.82, 2.24) is 4.90 Å². The molecule has 3 nitrogen and oxygen atoms in total.